The Hall–Kier alpha value is -2.87. The number of fused-ring (bicyclic) bond motifs is 2. The van der Waals surface area contributed by atoms with E-state index in [1.54, 1.807) is 11.3 Å². The zero-order valence-corrected chi connectivity index (χ0v) is 15.3. The lowest BCUT2D eigenvalue weighted by Gasteiger charge is -2.30. The zero-order chi connectivity index (χ0) is 18.5. The number of hydrogen-bond acceptors (Lipinski definition) is 7. The molecule has 1 aliphatic heterocycles. The summed E-state index contributed by atoms with van der Waals surface area (Å²) in [6.45, 7) is 5.64. The molecule has 130 valence electrons. The third kappa shape index (κ3) is 2.37. The Bertz CT molecular complexity index is 1150. The molecule has 0 atom stereocenters. The number of aromatic nitrogens is 6. The minimum absolute atomic E-state index is 0.0564. The van der Waals surface area contributed by atoms with Crippen molar-refractivity contribution in [1.29, 1.82) is 0 Å². The highest BCUT2D eigenvalue weighted by Gasteiger charge is 2.22. The maximum Gasteiger partial charge on any atom is 0.180 e. The summed E-state index contributed by atoms with van der Waals surface area (Å²) in [5.41, 5.74) is 8.01. The Labute approximate surface area is 155 Å². The molecule has 26 heavy (non-hydrogen) atoms. The summed E-state index contributed by atoms with van der Waals surface area (Å²) in [5.74, 6) is 0.877. The number of nitrogens with zero attached hydrogens (tertiary/aromatic N) is 7. The zero-order valence-electron chi connectivity index (χ0n) is 15.5. The van der Waals surface area contributed by atoms with Crippen molar-refractivity contribution in [1.82, 2.24) is 29.8 Å². The van der Waals surface area contributed by atoms with Crippen LogP contribution in [0.1, 0.15) is 23.8 Å². The molecule has 5 rings (SSSR count). The summed E-state index contributed by atoms with van der Waals surface area (Å²) < 4.78 is 9.45. The van der Waals surface area contributed by atoms with Gasteiger partial charge >= 0.3 is 0 Å². The highest BCUT2D eigenvalue weighted by Crippen LogP contribution is 2.30. The minimum atomic E-state index is 0.0564. The quantitative estimate of drug-likeness (QED) is 0.545. The first-order valence-corrected chi connectivity index (χ1v) is 9.30. The maximum atomic E-state index is 7.94. The van der Waals surface area contributed by atoms with Gasteiger partial charge in [-0.3, -0.25) is 9.97 Å². The molecule has 0 saturated heterocycles. The summed E-state index contributed by atoms with van der Waals surface area (Å²) in [4.78, 5) is 12.2. The van der Waals surface area contributed by atoms with Crippen molar-refractivity contribution in [2.45, 2.75) is 26.8 Å². The van der Waals surface area contributed by atoms with Crippen LogP contribution in [0.3, 0.4) is 0 Å². The van der Waals surface area contributed by atoms with Crippen LogP contribution in [0.4, 0.5) is 5.82 Å². The third-order valence-corrected chi connectivity index (χ3v) is 5.79. The van der Waals surface area contributed by atoms with E-state index in [2.05, 4.69) is 43.2 Å². The lowest BCUT2D eigenvalue weighted by Crippen LogP contribution is -2.32. The molecule has 7 nitrogen and oxygen atoms in total. The molecule has 0 aromatic carbocycles. The molecule has 8 heteroatoms. The molecule has 0 aliphatic carbocycles. The lowest BCUT2D eigenvalue weighted by molar-refractivity contribution is 0.688. The predicted octanol–water partition coefficient (Wildman–Crippen LogP) is 2.82. The summed E-state index contributed by atoms with van der Waals surface area (Å²) in [5, 5.41) is 12.6. The van der Waals surface area contributed by atoms with Gasteiger partial charge in [0.2, 0.25) is 0 Å². The van der Waals surface area contributed by atoms with Crippen LogP contribution in [-0.4, -0.2) is 36.3 Å². The highest BCUT2D eigenvalue weighted by atomic mass is 32.1. The smallest absolute Gasteiger partial charge is 0.180 e. The fourth-order valence-electron chi connectivity index (χ4n) is 3.41. The van der Waals surface area contributed by atoms with E-state index in [1.807, 2.05) is 24.8 Å². The largest absolute Gasteiger partial charge is 0.350 e. The van der Waals surface area contributed by atoms with Crippen molar-refractivity contribution in [3.63, 3.8) is 0 Å². The normalized spacial score (nSPS) is 14.5. The summed E-state index contributed by atoms with van der Waals surface area (Å²) >= 11 is 1.62. The van der Waals surface area contributed by atoms with Crippen molar-refractivity contribution in [2.24, 2.45) is 0 Å². The summed E-state index contributed by atoms with van der Waals surface area (Å²) in [6.07, 6.45) is 4.73. The van der Waals surface area contributed by atoms with E-state index >= 15 is 0 Å². The second-order valence-corrected chi connectivity index (χ2v) is 7.36. The van der Waals surface area contributed by atoms with Gasteiger partial charge in [-0.2, -0.15) is 4.52 Å². The molecule has 4 aromatic rings. The van der Waals surface area contributed by atoms with Crippen molar-refractivity contribution < 1.29 is 1.37 Å². The van der Waals surface area contributed by atoms with Crippen LogP contribution < -0.4 is 4.90 Å². The van der Waals surface area contributed by atoms with Crippen LogP contribution in [0.15, 0.2) is 30.3 Å². The van der Waals surface area contributed by atoms with E-state index in [0.717, 1.165) is 52.6 Å². The van der Waals surface area contributed by atoms with Gasteiger partial charge in [-0.15, -0.1) is 26.6 Å². The molecule has 0 N–H and O–H groups in total. The van der Waals surface area contributed by atoms with Crippen LogP contribution in [0.2, 0.25) is 0 Å². The first-order chi connectivity index (χ1) is 13.1. The van der Waals surface area contributed by atoms with Crippen LogP contribution in [-0.2, 0) is 13.0 Å². The average molecular weight is 364 g/mol. The Morgan fingerprint density at radius 2 is 2.15 bits per heavy atom. The number of rotatable bonds is 2. The third-order valence-electron chi connectivity index (χ3n) is 4.97. The Morgan fingerprint density at radius 3 is 3.00 bits per heavy atom. The number of thiazole rings is 1. The van der Waals surface area contributed by atoms with E-state index < -0.39 is 0 Å². The first kappa shape index (κ1) is 14.3. The van der Waals surface area contributed by atoms with Gasteiger partial charge in [-0.25, -0.2) is 0 Å². The molecule has 0 spiro atoms. The minimum Gasteiger partial charge on any atom is -0.350 e. The molecular formula is C18H17N7S. The van der Waals surface area contributed by atoms with Gasteiger partial charge in [-0.05, 0) is 25.5 Å². The molecular weight excluding hydrogens is 346 g/mol. The monoisotopic (exact) mass is 364 g/mol. The molecule has 0 unspecified atom stereocenters. The Kier molecular flexibility index (Phi) is 3.22. The maximum absolute atomic E-state index is 7.94. The predicted molar refractivity (Wildman–Crippen MR) is 100 cm³/mol. The molecule has 0 bridgehead atoms. The van der Waals surface area contributed by atoms with E-state index in [9.17, 15) is 0 Å². The number of aryl methyl sites for hydroxylation is 1. The van der Waals surface area contributed by atoms with Gasteiger partial charge in [0.05, 0.1) is 10.4 Å². The van der Waals surface area contributed by atoms with E-state index in [0.29, 0.717) is 5.65 Å². The van der Waals surface area contributed by atoms with Crippen LogP contribution in [0.25, 0.3) is 16.1 Å². The molecule has 1 aliphatic rings. The van der Waals surface area contributed by atoms with Gasteiger partial charge in [0.1, 0.15) is 7.67 Å². The van der Waals surface area contributed by atoms with E-state index in [-0.39, 0.29) is 6.30 Å². The van der Waals surface area contributed by atoms with Crippen LogP contribution in [0, 0.1) is 13.8 Å². The van der Waals surface area contributed by atoms with Gasteiger partial charge < -0.3 is 4.90 Å². The van der Waals surface area contributed by atoms with Gasteiger partial charge in [0.25, 0.3) is 0 Å². The Balaban J connectivity index is 1.56. The molecule has 0 radical (unpaired) electrons. The van der Waals surface area contributed by atoms with Gasteiger partial charge in [-0.1, -0.05) is 0 Å². The summed E-state index contributed by atoms with van der Waals surface area (Å²) in [6, 6.07) is 2.21. The molecule has 0 amide bonds. The van der Waals surface area contributed by atoms with Crippen LogP contribution in [0.5, 0.6) is 0 Å². The lowest BCUT2D eigenvalue weighted by atomic mass is 10.0. The van der Waals surface area contributed by atoms with E-state index in [1.165, 1.54) is 10.1 Å². The SMILES string of the molecule is [2H]c1nnc2c(C)c(C)c(N3CCc4ncc(-c5cncs5)cc4C3)nn12. The van der Waals surface area contributed by atoms with Crippen molar-refractivity contribution in [3.05, 3.63) is 52.7 Å². The van der Waals surface area contributed by atoms with Crippen molar-refractivity contribution >= 4 is 22.8 Å². The van der Waals surface area contributed by atoms with Crippen LogP contribution >= 0.6 is 11.3 Å². The second kappa shape index (κ2) is 5.84. The standard InChI is InChI=1S/C18H17N7S/c1-11-12(2)18(23-25-9-21-22-17(11)25)24-4-3-15-14(8-24)5-13(6-20-15)16-7-19-10-26-16/h5-7,9-10H,3-4,8H2,1-2H3/i9D. The molecule has 4 aromatic heterocycles. The topological polar surface area (TPSA) is 72.1 Å². The fourth-order valence-corrected chi connectivity index (χ4v) is 4.02. The van der Waals surface area contributed by atoms with Gasteiger partial charge in [0, 0.05) is 54.3 Å². The second-order valence-electron chi connectivity index (χ2n) is 6.48. The van der Waals surface area contributed by atoms with Crippen molar-refractivity contribution in [2.75, 3.05) is 11.4 Å². The first-order valence-electron chi connectivity index (χ1n) is 8.92. The average Bonchev–Trinajstić information content (AvgIpc) is 3.34. The molecule has 5 heterocycles. The Morgan fingerprint density at radius 1 is 1.23 bits per heavy atom. The van der Waals surface area contributed by atoms with Crippen molar-refractivity contribution in [3.8, 4) is 10.4 Å². The number of hydrogen-bond donors (Lipinski definition) is 0. The number of pyridine rings is 1. The highest BCUT2D eigenvalue weighted by molar-refractivity contribution is 7.13. The molecule has 0 saturated carbocycles. The van der Waals surface area contributed by atoms with Gasteiger partial charge in [0.15, 0.2) is 11.5 Å². The fraction of sp³-hybridized carbons (Fsp3) is 0.278. The molecule has 0 fully saturated rings. The van der Waals surface area contributed by atoms with E-state index in [4.69, 9.17) is 1.37 Å². The number of anilines is 1. The summed E-state index contributed by atoms with van der Waals surface area (Å²) in [7, 11) is 0.